The van der Waals surface area contributed by atoms with E-state index >= 15 is 0 Å². The second-order valence-corrected chi connectivity index (χ2v) is 6.11. The van der Waals surface area contributed by atoms with Gasteiger partial charge in [0.2, 0.25) is 10.0 Å². The number of hydrogen-bond acceptors (Lipinski definition) is 5. The molecular weight excluding hydrogens is 290 g/mol. The number of nitrogens with zero attached hydrogens (tertiary/aromatic N) is 2. The van der Waals surface area contributed by atoms with E-state index in [4.69, 9.17) is 11.0 Å². The number of nitrogen functional groups attached to an aromatic ring is 1. The summed E-state index contributed by atoms with van der Waals surface area (Å²) < 4.78 is 27.4. The fraction of sp³-hybridized carbons (Fsp3) is 0.231. The first-order chi connectivity index (χ1) is 9.97. The lowest BCUT2D eigenvalue weighted by molar-refractivity contribution is 0.539. The van der Waals surface area contributed by atoms with Crippen LogP contribution in [0.25, 0.3) is 0 Å². The first kappa shape index (κ1) is 15.0. The lowest BCUT2D eigenvalue weighted by Gasteiger charge is -2.15. The molecule has 8 heteroatoms. The predicted octanol–water partition coefficient (Wildman–Crippen LogP) is 1.29. The highest BCUT2D eigenvalue weighted by atomic mass is 32.2. The van der Waals surface area contributed by atoms with Gasteiger partial charge in [0, 0.05) is 18.1 Å². The summed E-state index contributed by atoms with van der Waals surface area (Å²) in [4.78, 5) is 6.84. The highest BCUT2D eigenvalue weighted by Crippen LogP contribution is 2.21. The van der Waals surface area contributed by atoms with Crippen LogP contribution in [-0.4, -0.2) is 18.4 Å². The zero-order valence-electron chi connectivity index (χ0n) is 11.4. The van der Waals surface area contributed by atoms with Crippen LogP contribution in [0.15, 0.2) is 35.5 Å². The molecule has 1 aromatic heterocycles. The second-order valence-electron chi connectivity index (χ2n) is 4.42. The summed E-state index contributed by atoms with van der Waals surface area (Å²) in [6, 6.07) is 5.46. The third-order valence-corrected chi connectivity index (χ3v) is 4.50. The van der Waals surface area contributed by atoms with Crippen molar-refractivity contribution in [2.24, 2.45) is 0 Å². The normalized spacial score (nSPS) is 12.8. The van der Waals surface area contributed by atoms with E-state index in [9.17, 15) is 8.42 Å². The number of sulfonamides is 1. The van der Waals surface area contributed by atoms with E-state index in [-0.39, 0.29) is 10.5 Å². The van der Waals surface area contributed by atoms with Crippen molar-refractivity contribution in [3.63, 3.8) is 0 Å². The van der Waals surface area contributed by atoms with Crippen molar-refractivity contribution in [3.8, 4) is 6.07 Å². The van der Waals surface area contributed by atoms with Crippen molar-refractivity contribution >= 4 is 15.7 Å². The Morgan fingerprint density at radius 3 is 2.86 bits per heavy atom. The van der Waals surface area contributed by atoms with Crippen LogP contribution >= 0.6 is 0 Å². The highest BCUT2D eigenvalue weighted by Gasteiger charge is 2.24. The van der Waals surface area contributed by atoms with Crippen LogP contribution in [0.4, 0.5) is 5.69 Å². The summed E-state index contributed by atoms with van der Waals surface area (Å²) >= 11 is 0. The van der Waals surface area contributed by atoms with E-state index in [2.05, 4.69) is 14.7 Å². The molecule has 1 unspecified atom stereocenters. The second kappa shape index (κ2) is 5.95. The number of nitriles is 1. The third-order valence-electron chi connectivity index (χ3n) is 2.97. The zero-order chi connectivity index (χ0) is 15.5. The number of H-pyrrole nitrogens is 1. The Labute approximate surface area is 122 Å². The number of anilines is 1. The van der Waals surface area contributed by atoms with E-state index in [1.54, 1.807) is 12.4 Å². The van der Waals surface area contributed by atoms with Gasteiger partial charge in [-0.25, -0.2) is 18.1 Å². The van der Waals surface area contributed by atoms with Crippen LogP contribution in [0.5, 0.6) is 0 Å². The smallest absolute Gasteiger partial charge is 0.242 e. The van der Waals surface area contributed by atoms with Crippen LogP contribution in [0, 0.1) is 11.3 Å². The first-order valence-electron chi connectivity index (χ1n) is 6.29. The molecule has 7 nitrogen and oxygen atoms in total. The Hall–Kier alpha value is -2.37. The van der Waals surface area contributed by atoms with Crippen molar-refractivity contribution < 1.29 is 8.42 Å². The van der Waals surface area contributed by atoms with Crippen LogP contribution in [-0.2, 0) is 10.0 Å². The van der Waals surface area contributed by atoms with Crippen molar-refractivity contribution in [2.45, 2.75) is 24.3 Å². The zero-order valence-corrected chi connectivity index (χ0v) is 12.2. The Bertz CT molecular complexity index is 762. The van der Waals surface area contributed by atoms with E-state index in [1.165, 1.54) is 18.2 Å². The van der Waals surface area contributed by atoms with E-state index in [0.717, 1.165) is 0 Å². The van der Waals surface area contributed by atoms with Crippen molar-refractivity contribution in [1.82, 2.24) is 14.7 Å². The number of hydrogen-bond donors (Lipinski definition) is 3. The monoisotopic (exact) mass is 305 g/mol. The SMILES string of the molecule is CCC(NS(=O)(=O)c1ccc(N)cc1C#N)c1ncc[nH]1. The van der Waals surface area contributed by atoms with E-state index < -0.39 is 16.1 Å². The molecule has 0 amide bonds. The third kappa shape index (κ3) is 3.21. The maximum absolute atomic E-state index is 12.4. The van der Waals surface area contributed by atoms with Crippen molar-refractivity contribution in [1.29, 1.82) is 5.26 Å². The molecule has 0 spiro atoms. The lowest BCUT2D eigenvalue weighted by Crippen LogP contribution is -2.29. The van der Waals surface area contributed by atoms with Gasteiger partial charge in [0.05, 0.1) is 16.5 Å². The fourth-order valence-corrected chi connectivity index (χ4v) is 3.34. The molecule has 21 heavy (non-hydrogen) atoms. The van der Waals surface area contributed by atoms with Crippen molar-refractivity contribution in [3.05, 3.63) is 42.0 Å². The molecule has 0 saturated carbocycles. The van der Waals surface area contributed by atoms with Gasteiger partial charge in [0.1, 0.15) is 11.9 Å². The number of aromatic nitrogens is 2. The van der Waals surface area contributed by atoms with Gasteiger partial charge in [-0.1, -0.05) is 6.92 Å². The minimum atomic E-state index is -3.85. The summed E-state index contributed by atoms with van der Waals surface area (Å²) in [6.45, 7) is 1.84. The summed E-state index contributed by atoms with van der Waals surface area (Å²) in [5.74, 6) is 0.523. The molecule has 110 valence electrons. The predicted molar refractivity (Wildman–Crippen MR) is 77.5 cm³/mol. The molecule has 1 aromatic carbocycles. The summed E-state index contributed by atoms with van der Waals surface area (Å²) in [6.07, 6.45) is 3.69. The lowest BCUT2D eigenvalue weighted by atomic mass is 10.2. The first-order valence-corrected chi connectivity index (χ1v) is 7.77. The van der Waals surface area contributed by atoms with E-state index in [0.29, 0.717) is 17.9 Å². The number of aromatic amines is 1. The van der Waals surface area contributed by atoms with Crippen LogP contribution in [0.2, 0.25) is 0 Å². The summed E-state index contributed by atoms with van der Waals surface area (Å²) in [5, 5.41) is 9.07. The Morgan fingerprint density at radius 1 is 1.52 bits per heavy atom. The van der Waals surface area contributed by atoms with Gasteiger partial charge in [0.15, 0.2) is 0 Å². The summed E-state index contributed by atoms with van der Waals surface area (Å²) in [7, 11) is -3.85. The van der Waals surface area contributed by atoms with Gasteiger partial charge in [-0.2, -0.15) is 5.26 Å². The number of rotatable bonds is 5. The van der Waals surface area contributed by atoms with E-state index in [1.807, 2.05) is 13.0 Å². The van der Waals surface area contributed by atoms with Crippen LogP contribution in [0.1, 0.15) is 30.8 Å². The van der Waals surface area contributed by atoms with Gasteiger partial charge < -0.3 is 10.7 Å². The molecule has 0 aliphatic rings. The van der Waals surface area contributed by atoms with Crippen LogP contribution in [0.3, 0.4) is 0 Å². The maximum atomic E-state index is 12.4. The molecule has 4 N–H and O–H groups in total. The number of imidazole rings is 1. The number of nitrogens with two attached hydrogens (primary N) is 1. The largest absolute Gasteiger partial charge is 0.399 e. The average Bonchev–Trinajstić information content (AvgIpc) is 2.98. The fourth-order valence-electron chi connectivity index (χ4n) is 1.92. The minimum absolute atomic E-state index is 0.0109. The van der Waals surface area contributed by atoms with Crippen LogP contribution < -0.4 is 10.5 Å². The van der Waals surface area contributed by atoms with Gasteiger partial charge in [-0.05, 0) is 24.6 Å². The number of nitrogens with one attached hydrogen (secondary N) is 2. The Kier molecular flexibility index (Phi) is 4.26. The molecule has 2 aromatic rings. The standard InChI is InChI=1S/C13H15N5O2S/c1-2-11(13-16-5-6-17-13)18-21(19,20)12-4-3-10(15)7-9(12)8-14/h3-7,11,18H,2,15H2,1H3,(H,16,17). The Balaban J connectivity index is 2.37. The molecule has 0 bridgehead atoms. The van der Waals surface area contributed by atoms with Gasteiger partial charge in [-0.3, -0.25) is 0 Å². The number of benzene rings is 1. The molecular formula is C13H15N5O2S. The van der Waals surface area contributed by atoms with Gasteiger partial charge in [0.25, 0.3) is 0 Å². The molecule has 2 rings (SSSR count). The van der Waals surface area contributed by atoms with Gasteiger partial charge in [-0.15, -0.1) is 0 Å². The molecule has 1 atom stereocenters. The summed E-state index contributed by atoms with van der Waals surface area (Å²) in [5.41, 5.74) is 5.92. The Morgan fingerprint density at radius 2 is 2.29 bits per heavy atom. The molecule has 0 aliphatic heterocycles. The maximum Gasteiger partial charge on any atom is 0.242 e. The highest BCUT2D eigenvalue weighted by molar-refractivity contribution is 7.89. The van der Waals surface area contributed by atoms with Gasteiger partial charge >= 0.3 is 0 Å². The molecule has 0 saturated heterocycles. The topological polar surface area (TPSA) is 125 Å². The minimum Gasteiger partial charge on any atom is -0.399 e. The van der Waals surface area contributed by atoms with Crippen molar-refractivity contribution in [2.75, 3.05) is 5.73 Å². The molecule has 0 radical (unpaired) electrons. The average molecular weight is 305 g/mol. The quantitative estimate of drug-likeness (QED) is 0.718. The molecule has 0 fully saturated rings. The molecule has 1 heterocycles. The molecule has 0 aliphatic carbocycles.